The Kier molecular flexibility index (Phi) is 92.6. The summed E-state index contributed by atoms with van der Waals surface area (Å²) in [5, 5.41) is 41.8. The average Bonchev–Trinajstić information content (AvgIpc) is 3.19. The Bertz CT molecular complexity index is 1510. The van der Waals surface area contributed by atoms with Gasteiger partial charge in [0.05, 0.1) is 5.91 Å². The molecular formula is C36H58GaN10O14Y12-6. The molecule has 0 aromatic carbocycles. The van der Waals surface area contributed by atoms with Crippen LogP contribution in [0.4, 0.5) is 0 Å². The molecule has 381 valence electrons. The van der Waals surface area contributed by atoms with E-state index in [1.165, 1.54) is 31.6 Å². The fraction of sp³-hybridized carbons (Fsp3) is 0.611. The van der Waals surface area contributed by atoms with Gasteiger partial charge in [0.1, 0.15) is 6.04 Å². The summed E-state index contributed by atoms with van der Waals surface area (Å²) >= 11 is -1.98. The number of aliphatic carboxylic acids is 4. The van der Waals surface area contributed by atoms with E-state index >= 15 is 0 Å². The Morgan fingerprint density at radius 2 is 0.822 bits per heavy atom. The monoisotopic (exact) mass is 1990 g/mol. The minimum atomic E-state index is -1.98. The number of carboxylic acids is 4. The number of hydrogen-bond acceptors (Lipinski definition) is 18. The van der Waals surface area contributed by atoms with Crippen LogP contribution in [-0.2, 0) is 438 Å². The van der Waals surface area contributed by atoms with Crippen molar-refractivity contribution in [3.63, 3.8) is 0 Å². The smallest absolute Gasteiger partial charge is 0 e. The molecule has 37 heteroatoms. The second-order valence-corrected chi connectivity index (χ2v) is 15.4. The summed E-state index contributed by atoms with van der Waals surface area (Å²) in [4.78, 5) is 107. The number of carbonyl (C=O) groups is 8. The molecule has 0 saturated carbocycles. The molecule has 4 fully saturated rings. The molecule has 0 spiro atoms. The van der Waals surface area contributed by atoms with Crippen LogP contribution < -0.4 is 10.6 Å². The van der Waals surface area contributed by atoms with Crippen LogP contribution >= 0.6 is 0 Å². The molecule has 4 saturated heterocycles. The third-order valence-corrected chi connectivity index (χ3v) is 11.2. The molecule has 13 radical (unpaired) electrons. The van der Waals surface area contributed by atoms with Crippen molar-refractivity contribution in [3.8, 4) is 0 Å². The third-order valence-electron chi connectivity index (χ3n) is 9.78. The molecule has 4 unspecified atom stereocenters. The Hall–Kier alpha value is 8.54. The van der Waals surface area contributed by atoms with Crippen LogP contribution in [0, 0.1) is 39.3 Å². The summed E-state index contributed by atoms with van der Waals surface area (Å²) in [6.07, 6.45) is 0. The molecular weight excluding hydrogens is 1930 g/mol. The van der Waals surface area contributed by atoms with E-state index in [-0.39, 0.29) is 437 Å². The second-order valence-electron chi connectivity index (χ2n) is 14.0. The van der Waals surface area contributed by atoms with Gasteiger partial charge in [0.25, 0.3) is 0 Å². The largest absolute Gasteiger partial charge is 0 e. The Balaban J connectivity index is -0.000000101. The standard InChI is InChI=1S/2C18H30N5O7.Ga.12Y/c2*1-14(18(29)30)23-9-7-20(11-15(24)19-2)3-4-21(12-16(25)26)5-6-22(8-10-23)13-17(27)28;;;;;;;;;;;;;/h2*11-14H,3-10H2,1-2H3,(H,19,24)(H,25,26)(H,27,28)(H,29,30);;;;;;;;;;;;;/q2*-3;+2;;;;;;;;;;;;/p-2. The molecule has 0 aromatic heterocycles. The molecule has 2 amide bonds. The molecule has 4 atom stereocenters. The van der Waals surface area contributed by atoms with Gasteiger partial charge in [-0.25, -0.2) is 19.6 Å². The van der Waals surface area contributed by atoms with Gasteiger partial charge in [0.2, 0.25) is 0 Å². The van der Waals surface area contributed by atoms with Gasteiger partial charge in [-0.15, -0.1) is 0 Å². The summed E-state index contributed by atoms with van der Waals surface area (Å²) in [6, 6.07) is -1.41. The minimum Gasteiger partial charge on any atom is 0 e. The summed E-state index contributed by atoms with van der Waals surface area (Å²) in [6.45, 7) is 16.2. The fourth-order valence-electron chi connectivity index (χ4n) is 6.13. The van der Waals surface area contributed by atoms with Gasteiger partial charge in [-0.05, 0) is 46.2 Å². The molecule has 4 aliphatic rings. The van der Waals surface area contributed by atoms with Crippen molar-refractivity contribution in [2.45, 2.75) is 25.9 Å². The zero-order valence-corrected chi connectivity index (χ0v) is 78.4. The number of carbonyl (C=O) groups excluding carboxylic acids is 4. The van der Waals surface area contributed by atoms with Gasteiger partial charge >= 0.3 is 196 Å². The average molecular weight is 1990 g/mol. The SMILES string of the molecule is CNC(=O)[CH-]N1CCN([CH-]C(=O)O)CCN([CH-]C(=O)O)CCN(C(C)C(=O)O)CC1.CNC(=O)[CH-]N1CCN2[CH-]C(=O)[O][Ga][O]C(=O)C(C)N(CCN([CH-]C(=O)O)CC2)CC1.[Y].[Y].[Y].[Y].[Y].[Y].[Y].[Y].[Y].[Y].[Y].[Y]. The van der Waals surface area contributed by atoms with E-state index in [0.29, 0.717) is 72.0 Å². The number of hydrogen-bond donors (Lipinski definition) is 6. The number of amides is 2. The first kappa shape index (κ1) is 106. The molecule has 4 rings (SSSR count). The third kappa shape index (κ3) is 51.2. The van der Waals surface area contributed by atoms with Gasteiger partial charge in [0.15, 0.2) is 11.9 Å². The number of rotatable bonds is 12. The zero-order valence-electron chi connectivity index (χ0n) is 41.9. The van der Waals surface area contributed by atoms with Crippen molar-refractivity contribution < 1.29 is 458 Å². The van der Waals surface area contributed by atoms with E-state index in [4.69, 9.17) is 17.3 Å². The Morgan fingerprint density at radius 3 is 1.14 bits per heavy atom. The van der Waals surface area contributed by atoms with Crippen molar-refractivity contribution in [1.82, 2.24) is 49.8 Å². The fourth-order valence-corrected chi connectivity index (χ4v) is 7.17. The molecule has 24 nitrogen and oxygen atoms in total. The van der Waals surface area contributed by atoms with Crippen LogP contribution in [0.15, 0.2) is 0 Å². The maximum absolute atomic E-state index is 12.5. The van der Waals surface area contributed by atoms with Crippen molar-refractivity contribution in [2.75, 3.05) is 119 Å². The summed E-state index contributed by atoms with van der Waals surface area (Å²) in [5.74, 6) is -6.01. The van der Waals surface area contributed by atoms with E-state index in [0.717, 1.165) is 19.6 Å². The van der Waals surface area contributed by atoms with E-state index in [2.05, 4.69) is 10.6 Å². The topological polar surface area (TPSA) is 286 Å². The minimum absolute atomic E-state index is 0. The van der Waals surface area contributed by atoms with E-state index in [9.17, 15) is 48.6 Å². The maximum Gasteiger partial charge on any atom is 0 e. The molecule has 4 heterocycles. The van der Waals surface area contributed by atoms with Gasteiger partial charge in [-0.3, -0.25) is 19.3 Å². The van der Waals surface area contributed by atoms with Crippen molar-refractivity contribution in [3.05, 3.63) is 39.3 Å². The van der Waals surface area contributed by atoms with Gasteiger partial charge in [-0.1, -0.05) is 0 Å². The Morgan fingerprint density at radius 1 is 0.521 bits per heavy atom. The van der Waals surface area contributed by atoms with Crippen molar-refractivity contribution >= 4 is 65.8 Å². The van der Waals surface area contributed by atoms with Crippen LogP contribution in [0.1, 0.15) is 13.8 Å². The number of likely N-dealkylation sites (N-methyl/N-ethyl adjacent to an activating group) is 2. The van der Waals surface area contributed by atoms with Gasteiger partial charge in [0, 0.05) is 413 Å². The summed E-state index contributed by atoms with van der Waals surface area (Å²) in [7, 11) is 3.03. The molecule has 6 N–H and O–H groups in total. The van der Waals surface area contributed by atoms with Gasteiger partial charge in [-0.2, -0.15) is 0 Å². The van der Waals surface area contributed by atoms with Crippen LogP contribution in [-0.4, -0.2) is 256 Å². The Labute approximate surface area is 741 Å². The van der Waals surface area contributed by atoms with E-state index < -0.39 is 66.0 Å². The van der Waals surface area contributed by atoms with Crippen LogP contribution in [0.2, 0.25) is 0 Å². The quantitative estimate of drug-likeness (QED) is 0.0795. The second kappa shape index (κ2) is 63.6. The summed E-state index contributed by atoms with van der Waals surface area (Å²) in [5.41, 5.74) is 0. The number of nitrogens with zero attached hydrogens (tertiary/aromatic N) is 8. The number of carboxylic acid groups (broad SMARTS) is 4. The summed E-state index contributed by atoms with van der Waals surface area (Å²) < 4.78 is 10.4. The van der Waals surface area contributed by atoms with Crippen LogP contribution in [0.5, 0.6) is 0 Å². The molecule has 0 aromatic rings. The first-order chi connectivity index (χ1) is 28.9. The molecule has 4 aliphatic heterocycles. The van der Waals surface area contributed by atoms with Crippen molar-refractivity contribution in [2.24, 2.45) is 0 Å². The van der Waals surface area contributed by atoms with Crippen molar-refractivity contribution in [1.29, 1.82) is 0 Å². The number of fused-ring (bicyclic) bond motifs is 14. The van der Waals surface area contributed by atoms with Gasteiger partial charge < -0.3 is 40.1 Å². The first-order valence-corrected chi connectivity index (χ1v) is 21.5. The molecule has 0 aliphatic carbocycles. The first-order valence-electron chi connectivity index (χ1n) is 19.5. The molecule has 73 heavy (non-hydrogen) atoms. The van der Waals surface area contributed by atoms with E-state index in [1.54, 1.807) is 45.4 Å². The van der Waals surface area contributed by atoms with Crippen LogP contribution in [0.25, 0.3) is 0 Å². The molecule has 2 bridgehead atoms. The normalized spacial score (nSPS) is 19.5. The number of nitrogens with one attached hydrogen (secondary N) is 2. The predicted octanol–water partition coefficient (Wildman–Crippen LogP) is -4.40. The zero-order chi connectivity index (χ0) is 45.5. The predicted molar refractivity (Wildman–Crippen MR) is 214 cm³/mol. The van der Waals surface area contributed by atoms with Crippen LogP contribution in [0.3, 0.4) is 0 Å². The maximum atomic E-state index is 12.5. The van der Waals surface area contributed by atoms with E-state index in [1.807, 2.05) is 9.80 Å².